The van der Waals surface area contributed by atoms with Crippen LogP contribution in [0.3, 0.4) is 0 Å². The molecule has 0 radical (unpaired) electrons. The van der Waals surface area contributed by atoms with E-state index in [-0.39, 0.29) is 5.41 Å². The Morgan fingerprint density at radius 2 is 2.21 bits per heavy atom. The Balaban J connectivity index is 2.25. The highest BCUT2D eigenvalue weighted by Crippen LogP contribution is 2.47. The quantitative estimate of drug-likeness (QED) is 0.698. The standard InChI is InChI=1S/C15H18Cl2N2/c1-15(2)8-4-7-12(15)19-11-6-3-5-10(17)14(11)18-13(19)9-16/h3,5-6,12H,4,7-9H2,1-2H3. The number of imidazole rings is 1. The third-order valence-electron chi connectivity index (χ3n) is 4.38. The summed E-state index contributed by atoms with van der Waals surface area (Å²) >= 11 is 12.4. The predicted octanol–water partition coefficient (Wildman–Crippen LogP) is 5.18. The average Bonchev–Trinajstić information content (AvgIpc) is 2.89. The molecule has 0 aliphatic heterocycles. The maximum Gasteiger partial charge on any atom is 0.125 e. The Bertz CT molecular complexity index is 616. The van der Waals surface area contributed by atoms with Gasteiger partial charge < -0.3 is 4.57 Å². The molecule has 19 heavy (non-hydrogen) atoms. The van der Waals surface area contributed by atoms with E-state index in [9.17, 15) is 0 Å². The SMILES string of the molecule is CC1(C)CCCC1n1c(CCl)nc2c(Cl)cccc21. The molecule has 102 valence electrons. The molecule has 1 saturated carbocycles. The first-order valence-electron chi connectivity index (χ1n) is 6.76. The van der Waals surface area contributed by atoms with E-state index in [4.69, 9.17) is 23.2 Å². The number of benzene rings is 1. The summed E-state index contributed by atoms with van der Waals surface area (Å²) in [6, 6.07) is 6.44. The van der Waals surface area contributed by atoms with E-state index in [1.54, 1.807) is 0 Å². The highest BCUT2D eigenvalue weighted by molar-refractivity contribution is 6.35. The van der Waals surface area contributed by atoms with Crippen molar-refractivity contribution in [2.75, 3.05) is 0 Å². The summed E-state index contributed by atoms with van der Waals surface area (Å²) in [5.41, 5.74) is 2.28. The van der Waals surface area contributed by atoms with E-state index in [1.165, 1.54) is 19.3 Å². The Morgan fingerprint density at radius 3 is 2.84 bits per heavy atom. The van der Waals surface area contributed by atoms with E-state index in [0.717, 1.165) is 16.9 Å². The summed E-state index contributed by atoms with van der Waals surface area (Å²) in [5, 5.41) is 0.707. The topological polar surface area (TPSA) is 17.8 Å². The normalized spacial score (nSPS) is 22.2. The molecule has 2 nitrogen and oxygen atoms in total. The summed E-state index contributed by atoms with van der Waals surface area (Å²) in [6.45, 7) is 4.66. The molecule has 1 aromatic heterocycles. The van der Waals surface area contributed by atoms with E-state index < -0.39 is 0 Å². The lowest BCUT2D eigenvalue weighted by atomic mass is 9.87. The molecule has 4 heteroatoms. The molecule has 0 N–H and O–H groups in total. The molecule has 1 aliphatic carbocycles. The van der Waals surface area contributed by atoms with Crippen LogP contribution in [0, 0.1) is 5.41 Å². The molecular weight excluding hydrogens is 279 g/mol. The molecule has 0 bridgehead atoms. The molecular formula is C15H18Cl2N2. The minimum absolute atomic E-state index is 0.288. The number of aromatic nitrogens is 2. The van der Waals surface area contributed by atoms with Gasteiger partial charge in [-0.25, -0.2) is 4.98 Å². The Kier molecular flexibility index (Phi) is 3.26. The fourth-order valence-electron chi connectivity index (χ4n) is 3.36. The monoisotopic (exact) mass is 296 g/mol. The second-order valence-corrected chi connectivity index (χ2v) is 6.71. The third-order valence-corrected chi connectivity index (χ3v) is 4.92. The molecule has 3 rings (SSSR count). The lowest BCUT2D eigenvalue weighted by Crippen LogP contribution is -2.22. The van der Waals surface area contributed by atoms with Gasteiger partial charge in [0.2, 0.25) is 0 Å². The molecule has 0 saturated heterocycles. The first kappa shape index (κ1) is 13.3. The van der Waals surface area contributed by atoms with Crippen LogP contribution in [-0.4, -0.2) is 9.55 Å². The summed E-state index contributed by atoms with van der Waals surface area (Å²) in [6.07, 6.45) is 3.70. The van der Waals surface area contributed by atoms with Crippen LogP contribution in [0.2, 0.25) is 5.02 Å². The molecule has 0 amide bonds. The van der Waals surface area contributed by atoms with Crippen molar-refractivity contribution in [1.82, 2.24) is 9.55 Å². The highest BCUT2D eigenvalue weighted by Gasteiger charge is 2.37. The Morgan fingerprint density at radius 1 is 1.42 bits per heavy atom. The first-order chi connectivity index (χ1) is 9.04. The predicted molar refractivity (Wildman–Crippen MR) is 81.0 cm³/mol. The lowest BCUT2D eigenvalue weighted by Gasteiger charge is -2.30. The number of alkyl halides is 1. The zero-order chi connectivity index (χ0) is 13.6. The first-order valence-corrected chi connectivity index (χ1v) is 7.67. The summed E-state index contributed by atoms with van der Waals surface area (Å²) < 4.78 is 2.32. The minimum Gasteiger partial charge on any atom is -0.323 e. The fraction of sp³-hybridized carbons (Fsp3) is 0.533. The molecule has 1 aliphatic rings. The van der Waals surface area contributed by atoms with Gasteiger partial charge in [-0.1, -0.05) is 37.9 Å². The maximum absolute atomic E-state index is 6.26. The van der Waals surface area contributed by atoms with Gasteiger partial charge in [0, 0.05) is 6.04 Å². The van der Waals surface area contributed by atoms with Crippen LogP contribution in [0.25, 0.3) is 11.0 Å². The zero-order valence-corrected chi connectivity index (χ0v) is 12.8. The summed E-state index contributed by atoms with van der Waals surface area (Å²) in [7, 11) is 0. The molecule has 1 unspecified atom stereocenters. The van der Waals surface area contributed by atoms with E-state index >= 15 is 0 Å². The molecule has 1 heterocycles. The van der Waals surface area contributed by atoms with E-state index in [1.807, 2.05) is 12.1 Å². The van der Waals surface area contributed by atoms with Gasteiger partial charge in [0.1, 0.15) is 11.3 Å². The van der Waals surface area contributed by atoms with Crippen LogP contribution in [0.5, 0.6) is 0 Å². The number of halogens is 2. The lowest BCUT2D eigenvalue weighted by molar-refractivity contribution is 0.262. The fourth-order valence-corrected chi connectivity index (χ4v) is 3.76. The molecule has 2 aromatic rings. The van der Waals surface area contributed by atoms with Crippen LogP contribution < -0.4 is 0 Å². The number of para-hydroxylation sites is 1. The number of hydrogen-bond acceptors (Lipinski definition) is 1. The van der Waals surface area contributed by atoms with Crippen molar-refractivity contribution in [2.45, 2.75) is 45.0 Å². The average molecular weight is 297 g/mol. The van der Waals surface area contributed by atoms with Gasteiger partial charge in [-0.15, -0.1) is 11.6 Å². The van der Waals surface area contributed by atoms with Crippen molar-refractivity contribution in [3.05, 3.63) is 29.0 Å². The minimum atomic E-state index is 0.288. The largest absolute Gasteiger partial charge is 0.323 e. The number of rotatable bonds is 2. The van der Waals surface area contributed by atoms with E-state index in [0.29, 0.717) is 16.9 Å². The van der Waals surface area contributed by atoms with Crippen molar-refractivity contribution >= 4 is 34.2 Å². The second kappa shape index (κ2) is 4.68. The van der Waals surface area contributed by atoms with Crippen molar-refractivity contribution in [2.24, 2.45) is 5.41 Å². The van der Waals surface area contributed by atoms with Crippen molar-refractivity contribution < 1.29 is 0 Å². The molecule has 1 fully saturated rings. The smallest absolute Gasteiger partial charge is 0.125 e. The third kappa shape index (κ3) is 2.05. The van der Waals surface area contributed by atoms with Gasteiger partial charge in [0.05, 0.1) is 16.4 Å². The molecule has 1 aromatic carbocycles. The van der Waals surface area contributed by atoms with Gasteiger partial charge in [0.15, 0.2) is 0 Å². The summed E-state index contributed by atoms with van der Waals surface area (Å²) in [5.74, 6) is 1.36. The van der Waals surface area contributed by atoms with Gasteiger partial charge in [-0.2, -0.15) is 0 Å². The van der Waals surface area contributed by atoms with Crippen molar-refractivity contribution in [3.8, 4) is 0 Å². The second-order valence-electron chi connectivity index (χ2n) is 6.04. The maximum atomic E-state index is 6.26. The summed E-state index contributed by atoms with van der Waals surface area (Å²) in [4.78, 5) is 4.64. The molecule has 1 atom stereocenters. The van der Waals surface area contributed by atoms with Crippen molar-refractivity contribution in [1.29, 1.82) is 0 Å². The van der Waals surface area contributed by atoms with Gasteiger partial charge in [-0.3, -0.25) is 0 Å². The molecule has 0 spiro atoms. The Labute approximate surface area is 123 Å². The van der Waals surface area contributed by atoms with Crippen LogP contribution in [0.1, 0.15) is 45.0 Å². The van der Waals surface area contributed by atoms with Crippen LogP contribution in [-0.2, 0) is 5.88 Å². The van der Waals surface area contributed by atoms with Gasteiger partial charge >= 0.3 is 0 Å². The Hall–Kier alpha value is -0.730. The van der Waals surface area contributed by atoms with Gasteiger partial charge in [-0.05, 0) is 30.4 Å². The van der Waals surface area contributed by atoms with Crippen LogP contribution in [0.4, 0.5) is 0 Å². The van der Waals surface area contributed by atoms with Crippen LogP contribution >= 0.6 is 23.2 Å². The van der Waals surface area contributed by atoms with Gasteiger partial charge in [0.25, 0.3) is 0 Å². The number of hydrogen-bond donors (Lipinski definition) is 0. The number of fused-ring (bicyclic) bond motifs is 1. The van der Waals surface area contributed by atoms with E-state index in [2.05, 4.69) is 29.5 Å². The number of nitrogens with zero attached hydrogens (tertiary/aromatic N) is 2. The highest BCUT2D eigenvalue weighted by atomic mass is 35.5. The van der Waals surface area contributed by atoms with Crippen LogP contribution in [0.15, 0.2) is 18.2 Å². The van der Waals surface area contributed by atoms with Crippen molar-refractivity contribution in [3.63, 3.8) is 0 Å². The zero-order valence-electron chi connectivity index (χ0n) is 11.3.